The van der Waals surface area contributed by atoms with Crippen LogP contribution in [0.25, 0.3) is 0 Å². The van der Waals surface area contributed by atoms with Gasteiger partial charge in [0.15, 0.2) is 0 Å². The number of anilines is 1. The normalized spacial score (nSPS) is 12.3. The first-order valence-electron chi connectivity index (χ1n) is 5.90. The molecule has 0 bridgehead atoms. The Labute approximate surface area is 129 Å². The lowest BCUT2D eigenvalue weighted by Gasteiger charge is -2.15. The molecular weight excluding hydrogens is 326 g/mol. The maximum Gasteiger partial charge on any atom is 0.131 e. The molecule has 2 aromatic carbocycles. The highest BCUT2D eigenvalue weighted by Gasteiger charge is 2.15. The Morgan fingerprint density at radius 2 is 1.62 bits per heavy atom. The molecule has 2 N–H and O–H groups in total. The van der Waals surface area contributed by atoms with Crippen LogP contribution in [0, 0.1) is 17.5 Å². The van der Waals surface area contributed by atoms with Gasteiger partial charge in [-0.3, -0.25) is 0 Å². The first-order chi connectivity index (χ1) is 9.88. The summed E-state index contributed by atoms with van der Waals surface area (Å²) in [5.74, 6) is -2.19. The highest BCUT2D eigenvalue weighted by Crippen LogP contribution is 2.32. The van der Waals surface area contributed by atoms with Gasteiger partial charge in [0.1, 0.15) is 17.5 Å². The average Bonchev–Trinajstić information content (AvgIpc) is 2.36. The molecule has 2 nitrogen and oxygen atoms in total. The summed E-state index contributed by atoms with van der Waals surface area (Å²) in [5, 5.41) is 12.7. The van der Waals surface area contributed by atoms with Crippen molar-refractivity contribution in [1.29, 1.82) is 0 Å². The number of nitrogens with one attached hydrogen (secondary N) is 1. The molecule has 0 radical (unpaired) electrons. The van der Waals surface area contributed by atoms with Crippen LogP contribution < -0.4 is 5.32 Å². The average molecular weight is 336 g/mol. The minimum atomic E-state index is -1.25. The Morgan fingerprint density at radius 1 is 1.00 bits per heavy atom. The van der Waals surface area contributed by atoms with Gasteiger partial charge >= 0.3 is 0 Å². The number of aliphatic hydroxyl groups excluding tert-OH is 1. The van der Waals surface area contributed by atoms with Crippen LogP contribution in [0.2, 0.25) is 10.0 Å². The summed E-state index contributed by atoms with van der Waals surface area (Å²) in [5.41, 5.74) is 0.152. The van der Waals surface area contributed by atoms with Gasteiger partial charge in [0, 0.05) is 18.2 Å². The third-order valence-electron chi connectivity index (χ3n) is 2.80. The first kappa shape index (κ1) is 15.9. The lowest BCUT2D eigenvalue weighted by molar-refractivity contribution is 0.186. The molecule has 112 valence electrons. The Kier molecular flexibility index (Phi) is 4.98. The van der Waals surface area contributed by atoms with Gasteiger partial charge in [-0.05, 0) is 18.2 Å². The lowest BCUT2D eigenvalue weighted by atomic mass is 10.1. The van der Waals surface area contributed by atoms with Gasteiger partial charge in [0.05, 0.1) is 21.8 Å². The van der Waals surface area contributed by atoms with Crippen molar-refractivity contribution in [2.45, 2.75) is 6.10 Å². The van der Waals surface area contributed by atoms with Crippen molar-refractivity contribution in [1.82, 2.24) is 0 Å². The molecule has 0 saturated heterocycles. The molecule has 0 fully saturated rings. The zero-order valence-electron chi connectivity index (χ0n) is 10.5. The highest BCUT2D eigenvalue weighted by molar-refractivity contribution is 6.39. The van der Waals surface area contributed by atoms with Crippen molar-refractivity contribution < 1.29 is 18.3 Å². The second-order valence-corrected chi connectivity index (χ2v) is 5.12. The number of hydrogen-bond donors (Lipinski definition) is 2. The summed E-state index contributed by atoms with van der Waals surface area (Å²) in [6.45, 7) is -0.131. The Balaban J connectivity index is 2.13. The number of benzene rings is 2. The lowest BCUT2D eigenvalue weighted by Crippen LogP contribution is -2.14. The number of aliphatic hydroxyl groups is 1. The molecule has 1 unspecified atom stereocenters. The van der Waals surface area contributed by atoms with Gasteiger partial charge in [-0.1, -0.05) is 29.3 Å². The summed E-state index contributed by atoms with van der Waals surface area (Å²) < 4.78 is 39.3. The molecule has 0 aliphatic rings. The second-order valence-electron chi connectivity index (χ2n) is 4.31. The fourth-order valence-corrected chi connectivity index (χ4v) is 2.39. The molecule has 0 heterocycles. The Bertz CT molecular complexity index is 644. The molecule has 2 aromatic rings. The Hall–Kier alpha value is -1.43. The zero-order chi connectivity index (χ0) is 15.6. The van der Waals surface area contributed by atoms with Crippen LogP contribution in [0.1, 0.15) is 11.7 Å². The Morgan fingerprint density at radius 3 is 2.19 bits per heavy atom. The molecule has 1 atom stereocenters. The van der Waals surface area contributed by atoms with Crippen LogP contribution in [0.5, 0.6) is 0 Å². The molecular formula is C14H10Cl2F3NO. The van der Waals surface area contributed by atoms with E-state index in [4.69, 9.17) is 23.2 Å². The maximum absolute atomic E-state index is 13.5. The van der Waals surface area contributed by atoms with Gasteiger partial charge in [0.2, 0.25) is 0 Å². The van der Waals surface area contributed by atoms with Crippen molar-refractivity contribution in [3.05, 3.63) is 63.4 Å². The fraction of sp³-hybridized carbons (Fsp3) is 0.143. The standard InChI is InChI=1S/C14H10Cl2F3NO/c15-10-3-8(18)4-11(16)14(10)20-6-13(21)9-2-1-7(17)5-12(9)19/h1-5,13,20-21H,6H2. The van der Waals surface area contributed by atoms with Crippen molar-refractivity contribution in [3.8, 4) is 0 Å². The van der Waals surface area contributed by atoms with Crippen LogP contribution in [0.15, 0.2) is 30.3 Å². The van der Waals surface area contributed by atoms with Gasteiger partial charge < -0.3 is 10.4 Å². The number of rotatable bonds is 4. The van der Waals surface area contributed by atoms with Gasteiger partial charge in [-0.15, -0.1) is 0 Å². The minimum absolute atomic E-state index is 0.0341. The van der Waals surface area contributed by atoms with E-state index in [-0.39, 0.29) is 27.8 Å². The van der Waals surface area contributed by atoms with Crippen LogP contribution in [-0.4, -0.2) is 11.7 Å². The van der Waals surface area contributed by atoms with Crippen molar-refractivity contribution >= 4 is 28.9 Å². The zero-order valence-corrected chi connectivity index (χ0v) is 12.0. The maximum atomic E-state index is 13.5. The molecule has 2 rings (SSSR count). The van der Waals surface area contributed by atoms with Crippen molar-refractivity contribution in [2.75, 3.05) is 11.9 Å². The summed E-state index contributed by atoms with van der Waals surface area (Å²) in [4.78, 5) is 0. The van der Waals surface area contributed by atoms with E-state index in [1.54, 1.807) is 0 Å². The predicted molar refractivity (Wildman–Crippen MR) is 76.2 cm³/mol. The number of hydrogen-bond acceptors (Lipinski definition) is 2. The molecule has 0 aliphatic heterocycles. The molecule has 21 heavy (non-hydrogen) atoms. The van der Waals surface area contributed by atoms with Crippen LogP contribution in [0.3, 0.4) is 0 Å². The topological polar surface area (TPSA) is 32.3 Å². The SMILES string of the molecule is OC(CNc1c(Cl)cc(F)cc1Cl)c1ccc(F)cc1F. The van der Waals surface area contributed by atoms with Crippen LogP contribution in [-0.2, 0) is 0 Å². The molecule has 7 heteroatoms. The fourth-order valence-electron chi connectivity index (χ4n) is 1.79. The third kappa shape index (κ3) is 3.81. The third-order valence-corrected chi connectivity index (χ3v) is 3.40. The quantitative estimate of drug-likeness (QED) is 0.858. The molecule has 0 saturated carbocycles. The minimum Gasteiger partial charge on any atom is -0.386 e. The van der Waals surface area contributed by atoms with Crippen molar-refractivity contribution in [2.24, 2.45) is 0 Å². The number of halogens is 5. The second kappa shape index (κ2) is 6.56. The summed E-state index contributed by atoms with van der Waals surface area (Å²) in [6.07, 6.45) is -1.25. The molecule has 0 spiro atoms. The van der Waals surface area contributed by atoms with Gasteiger partial charge in [-0.2, -0.15) is 0 Å². The molecule has 0 amide bonds. The van der Waals surface area contributed by atoms with Crippen LogP contribution >= 0.6 is 23.2 Å². The van der Waals surface area contributed by atoms with E-state index in [2.05, 4.69) is 5.32 Å². The monoisotopic (exact) mass is 335 g/mol. The smallest absolute Gasteiger partial charge is 0.131 e. The van der Waals surface area contributed by atoms with Crippen LogP contribution in [0.4, 0.5) is 18.9 Å². The largest absolute Gasteiger partial charge is 0.386 e. The van der Waals surface area contributed by atoms with E-state index in [1.165, 1.54) is 0 Å². The first-order valence-corrected chi connectivity index (χ1v) is 6.65. The predicted octanol–water partition coefficient (Wildman–Crippen LogP) is 4.56. The van der Waals surface area contributed by atoms with E-state index in [1.807, 2.05) is 0 Å². The molecule has 0 aliphatic carbocycles. The highest BCUT2D eigenvalue weighted by atomic mass is 35.5. The van der Waals surface area contributed by atoms with Gasteiger partial charge in [0.25, 0.3) is 0 Å². The van der Waals surface area contributed by atoms with E-state index >= 15 is 0 Å². The summed E-state index contributed by atoms with van der Waals surface area (Å²) in [6, 6.07) is 4.97. The van der Waals surface area contributed by atoms with E-state index in [9.17, 15) is 18.3 Å². The van der Waals surface area contributed by atoms with Crippen molar-refractivity contribution in [3.63, 3.8) is 0 Å². The van der Waals surface area contributed by atoms with E-state index < -0.39 is 23.6 Å². The van der Waals surface area contributed by atoms with Gasteiger partial charge in [-0.25, -0.2) is 13.2 Å². The summed E-state index contributed by atoms with van der Waals surface area (Å²) >= 11 is 11.6. The van der Waals surface area contributed by atoms with E-state index in [0.29, 0.717) is 6.07 Å². The molecule has 0 aromatic heterocycles. The van der Waals surface area contributed by atoms with E-state index in [0.717, 1.165) is 24.3 Å². The summed E-state index contributed by atoms with van der Waals surface area (Å²) in [7, 11) is 0.